The fourth-order valence-corrected chi connectivity index (χ4v) is 1.77. The van der Waals surface area contributed by atoms with Gasteiger partial charge in [0, 0.05) is 6.07 Å². The molecular formula is C9H7Br2N3O2. The third kappa shape index (κ3) is 2.25. The Bertz CT molecular complexity index is 576. The van der Waals surface area contributed by atoms with Crippen molar-refractivity contribution in [1.82, 2.24) is 14.9 Å². The van der Waals surface area contributed by atoms with Crippen molar-refractivity contribution in [1.29, 1.82) is 0 Å². The second-order valence-electron chi connectivity index (χ2n) is 3.20. The summed E-state index contributed by atoms with van der Waals surface area (Å²) in [7, 11) is 0. The second kappa shape index (κ2) is 4.50. The van der Waals surface area contributed by atoms with Crippen LogP contribution in [0.2, 0.25) is 0 Å². The summed E-state index contributed by atoms with van der Waals surface area (Å²) in [6.45, 7) is 2.09. The van der Waals surface area contributed by atoms with Crippen molar-refractivity contribution in [3.05, 3.63) is 43.0 Å². The molecule has 16 heavy (non-hydrogen) atoms. The smallest absolute Gasteiger partial charge is 0.282 e. The topological polar surface area (TPSA) is 60.9 Å². The van der Waals surface area contributed by atoms with Gasteiger partial charge in [-0.2, -0.15) is 5.10 Å². The van der Waals surface area contributed by atoms with E-state index in [4.69, 9.17) is 4.52 Å². The van der Waals surface area contributed by atoms with Gasteiger partial charge in [-0.15, -0.1) is 0 Å². The van der Waals surface area contributed by atoms with Crippen LogP contribution in [0, 0.1) is 6.92 Å². The molecule has 0 aromatic carbocycles. The van der Waals surface area contributed by atoms with Crippen LogP contribution in [0.25, 0.3) is 0 Å². The lowest BCUT2D eigenvalue weighted by molar-refractivity contribution is 0.387. The van der Waals surface area contributed by atoms with E-state index in [-0.39, 0.29) is 5.56 Å². The Balaban J connectivity index is 2.36. The Hall–Kier alpha value is -0.950. The van der Waals surface area contributed by atoms with Gasteiger partial charge in [0.2, 0.25) is 0 Å². The molecule has 2 heterocycles. The van der Waals surface area contributed by atoms with E-state index in [0.717, 1.165) is 0 Å². The fourth-order valence-electron chi connectivity index (χ4n) is 1.20. The highest BCUT2D eigenvalue weighted by molar-refractivity contribution is 9.13. The maximum atomic E-state index is 11.8. The summed E-state index contributed by atoms with van der Waals surface area (Å²) in [5.41, 5.74) is 0.455. The Kier molecular flexibility index (Phi) is 3.25. The van der Waals surface area contributed by atoms with E-state index in [9.17, 15) is 4.79 Å². The molecule has 0 radical (unpaired) electrons. The van der Waals surface area contributed by atoms with Gasteiger partial charge in [-0.3, -0.25) is 4.79 Å². The Morgan fingerprint density at radius 3 is 2.88 bits per heavy atom. The lowest BCUT2D eigenvalue weighted by Crippen LogP contribution is -2.24. The van der Waals surface area contributed by atoms with E-state index >= 15 is 0 Å². The van der Waals surface area contributed by atoms with E-state index in [2.05, 4.69) is 42.1 Å². The summed E-state index contributed by atoms with van der Waals surface area (Å²) in [6.07, 6.45) is 1.55. The van der Waals surface area contributed by atoms with Gasteiger partial charge in [-0.05, 0) is 38.8 Å². The maximum absolute atomic E-state index is 11.8. The Morgan fingerprint density at radius 2 is 2.25 bits per heavy atom. The highest BCUT2D eigenvalue weighted by atomic mass is 79.9. The molecule has 2 aromatic rings. The number of rotatable bonds is 2. The minimum Gasteiger partial charge on any atom is -0.361 e. The Morgan fingerprint density at radius 1 is 1.50 bits per heavy atom. The third-order valence-electron chi connectivity index (χ3n) is 1.93. The average molecular weight is 349 g/mol. The molecule has 0 saturated carbocycles. The van der Waals surface area contributed by atoms with E-state index in [1.807, 2.05) is 0 Å². The lowest BCUT2D eigenvalue weighted by Gasteiger charge is -2.02. The van der Waals surface area contributed by atoms with Gasteiger partial charge in [0.15, 0.2) is 0 Å². The molecule has 2 aromatic heterocycles. The van der Waals surface area contributed by atoms with E-state index in [1.165, 1.54) is 4.68 Å². The van der Waals surface area contributed by atoms with Gasteiger partial charge in [0.05, 0.1) is 17.2 Å². The van der Waals surface area contributed by atoms with Gasteiger partial charge in [-0.1, -0.05) is 5.16 Å². The monoisotopic (exact) mass is 347 g/mol. The highest BCUT2D eigenvalue weighted by Crippen LogP contribution is 2.16. The summed E-state index contributed by atoms with van der Waals surface area (Å²) in [6, 6.07) is 1.77. The van der Waals surface area contributed by atoms with Gasteiger partial charge in [0.1, 0.15) is 15.9 Å². The molecule has 0 aliphatic carbocycles. The van der Waals surface area contributed by atoms with Gasteiger partial charge < -0.3 is 4.52 Å². The second-order valence-corrected chi connectivity index (χ2v) is 4.85. The molecule has 5 nitrogen and oxygen atoms in total. The lowest BCUT2D eigenvalue weighted by atomic mass is 10.4. The summed E-state index contributed by atoms with van der Waals surface area (Å²) in [4.78, 5) is 11.8. The van der Waals surface area contributed by atoms with Crippen LogP contribution in [-0.2, 0) is 6.54 Å². The summed E-state index contributed by atoms with van der Waals surface area (Å²) in [5.74, 6) is 0.708. The molecule has 0 spiro atoms. The van der Waals surface area contributed by atoms with Crippen molar-refractivity contribution in [2.24, 2.45) is 0 Å². The van der Waals surface area contributed by atoms with Crippen molar-refractivity contribution in [2.45, 2.75) is 13.5 Å². The van der Waals surface area contributed by atoms with Crippen LogP contribution in [0.1, 0.15) is 11.5 Å². The van der Waals surface area contributed by atoms with Crippen LogP contribution in [0.3, 0.4) is 0 Å². The van der Waals surface area contributed by atoms with Crippen molar-refractivity contribution in [2.75, 3.05) is 0 Å². The zero-order chi connectivity index (χ0) is 11.7. The van der Waals surface area contributed by atoms with Crippen molar-refractivity contribution >= 4 is 31.9 Å². The number of aromatic nitrogens is 3. The molecule has 0 amide bonds. The SMILES string of the molecule is Cc1cc(Cn2ncc(Br)c(Br)c2=O)no1. The zero-order valence-electron chi connectivity index (χ0n) is 8.28. The molecule has 2 rings (SSSR count). The predicted octanol–water partition coefficient (Wildman–Crippen LogP) is 2.11. The first kappa shape index (κ1) is 11.5. The zero-order valence-corrected chi connectivity index (χ0v) is 11.4. The quantitative estimate of drug-likeness (QED) is 0.834. The first-order chi connectivity index (χ1) is 7.58. The van der Waals surface area contributed by atoms with Crippen molar-refractivity contribution in [3.63, 3.8) is 0 Å². The van der Waals surface area contributed by atoms with Crippen LogP contribution in [0.5, 0.6) is 0 Å². The molecule has 0 N–H and O–H groups in total. The molecule has 0 aliphatic rings. The van der Waals surface area contributed by atoms with Gasteiger partial charge in [-0.25, -0.2) is 4.68 Å². The van der Waals surface area contributed by atoms with Crippen LogP contribution < -0.4 is 5.56 Å². The third-order valence-corrected chi connectivity index (χ3v) is 3.83. The number of hydrogen-bond donors (Lipinski definition) is 0. The molecule has 0 unspecified atom stereocenters. The minimum atomic E-state index is -0.213. The van der Waals surface area contributed by atoms with Crippen LogP contribution in [-0.4, -0.2) is 14.9 Å². The van der Waals surface area contributed by atoms with Crippen molar-refractivity contribution in [3.8, 4) is 0 Å². The first-order valence-electron chi connectivity index (χ1n) is 4.41. The molecule has 84 valence electrons. The standard InChI is InChI=1S/C9H7Br2N3O2/c1-5-2-6(13-16-5)4-14-9(15)8(11)7(10)3-12-14/h2-3H,4H2,1H3. The molecule has 0 aliphatic heterocycles. The van der Waals surface area contributed by atoms with Crippen LogP contribution in [0.4, 0.5) is 0 Å². The normalized spacial score (nSPS) is 10.7. The number of aryl methyl sites for hydroxylation is 1. The Labute approximate surface area is 108 Å². The summed E-state index contributed by atoms with van der Waals surface area (Å²) >= 11 is 6.40. The number of nitrogens with zero attached hydrogens (tertiary/aromatic N) is 3. The maximum Gasteiger partial charge on any atom is 0.282 e. The molecule has 0 bridgehead atoms. The van der Waals surface area contributed by atoms with Crippen LogP contribution in [0.15, 0.2) is 30.5 Å². The van der Waals surface area contributed by atoms with E-state index in [0.29, 0.717) is 26.9 Å². The molecule has 0 atom stereocenters. The molecular weight excluding hydrogens is 342 g/mol. The van der Waals surface area contributed by atoms with E-state index < -0.39 is 0 Å². The number of halogens is 2. The molecule has 7 heteroatoms. The molecule has 0 fully saturated rings. The summed E-state index contributed by atoms with van der Waals surface area (Å²) < 4.78 is 7.30. The first-order valence-corrected chi connectivity index (χ1v) is 6.00. The van der Waals surface area contributed by atoms with Crippen LogP contribution >= 0.6 is 31.9 Å². The van der Waals surface area contributed by atoms with Gasteiger partial charge in [0.25, 0.3) is 5.56 Å². The van der Waals surface area contributed by atoms with E-state index in [1.54, 1.807) is 19.2 Å². The fraction of sp³-hybridized carbons (Fsp3) is 0.222. The average Bonchev–Trinajstić information content (AvgIpc) is 2.65. The largest absolute Gasteiger partial charge is 0.361 e. The summed E-state index contributed by atoms with van der Waals surface area (Å²) in [5, 5.41) is 7.79. The van der Waals surface area contributed by atoms with Crippen molar-refractivity contribution < 1.29 is 4.52 Å². The molecule has 0 saturated heterocycles. The highest BCUT2D eigenvalue weighted by Gasteiger charge is 2.08. The minimum absolute atomic E-state index is 0.213. The van der Waals surface area contributed by atoms with Gasteiger partial charge >= 0.3 is 0 Å². The number of hydrogen-bond acceptors (Lipinski definition) is 4. The predicted molar refractivity (Wildman–Crippen MR) is 64.2 cm³/mol.